The number of anilines is 1. The SMILES string of the molecule is Cc1ccc(NCc2cn3ccccc3n2)cc1Cl. The van der Waals surface area contributed by atoms with E-state index in [1.807, 2.05) is 60.1 Å². The Morgan fingerprint density at radius 3 is 2.95 bits per heavy atom. The maximum Gasteiger partial charge on any atom is 0.137 e. The van der Waals surface area contributed by atoms with Gasteiger partial charge in [-0.25, -0.2) is 4.98 Å². The van der Waals surface area contributed by atoms with Gasteiger partial charge in [-0.05, 0) is 36.8 Å². The Hall–Kier alpha value is -2.00. The number of benzene rings is 1. The molecule has 0 atom stereocenters. The second-order valence-electron chi connectivity index (χ2n) is 4.52. The predicted molar refractivity (Wildman–Crippen MR) is 78.7 cm³/mol. The minimum atomic E-state index is 0.682. The number of fused-ring (bicyclic) bond motifs is 1. The highest BCUT2D eigenvalue weighted by Gasteiger charge is 2.02. The molecule has 3 rings (SSSR count). The van der Waals surface area contributed by atoms with Crippen LogP contribution in [0, 0.1) is 6.92 Å². The lowest BCUT2D eigenvalue weighted by Crippen LogP contribution is -1.99. The molecule has 4 heteroatoms. The first kappa shape index (κ1) is 12.1. The normalized spacial score (nSPS) is 10.8. The fourth-order valence-electron chi connectivity index (χ4n) is 1.97. The Bertz CT molecular complexity index is 685. The average molecular weight is 272 g/mol. The fourth-order valence-corrected chi connectivity index (χ4v) is 2.15. The monoisotopic (exact) mass is 271 g/mol. The van der Waals surface area contributed by atoms with E-state index in [1.165, 1.54) is 0 Å². The molecule has 3 aromatic rings. The lowest BCUT2D eigenvalue weighted by atomic mass is 10.2. The molecule has 0 saturated heterocycles. The third-order valence-corrected chi connectivity index (χ3v) is 3.47. The molecule has 0 unspecified atom stereocenters. The molecule has 2 aromatic heterocycles. The molecule has 0 spiro atoms. The van der Waals surface area contributed by atoms with Gasteiger partial charge in [0.15, 0.2) is 0 Å². The van der Waals surface area contributed by atoms with Gasteiger partial charge in [-0.15, -0.1) is 0 Å². The molecule has 96 valence electrons. The summed E-state index contributed by atoms with van der Waals surface area (Å²) in [5.41, 5.74) is 4.05. The summed E-state index contributed by atoms with van der Waals surface area (Å²) in [6.07, 6.45) is 4.02. The molecule has 0 saturated carbocycles. The van der Waals surface area contributed by atoms with Gasteiger partial charge in [-0.2, -0.15) is 0 Å². The van der Waals surface area contributed by atoms with E-state index >= 15 is 0 Å². The van der Waals surface area contributed by atoms with Crippen LogP contribution in [-0.4, -0.2) is 9.38 Å². The van der Waals surface area contributed by atoms with E-state index in [1.54, 1.807) is 0 Å². The third kappa shape index (κ3) is 2.56. The van der Waals surface area contributed by atoms with Crippen molar-refractivity contribution in [2.75, 3.05) is 5.32 Å². The number of nitrogens with zero attached hydrogens (tertiary/aromatic N) is 2. The third-order valence-electron chi connectivity index (χ3n) is 3.06. The average Bonchev–Trinajstić information content (AvgIpc) is 2.83. The summed E-state index contributed by atoms with van der Waals surface area (Å²) < 4.78 is 2.01. The van der Waals surface area contributed by atoms with Crippen LogP contribution in [0.3, 0.4) is 0 Å². The Kier molecular flexibility index (Phi) is 3.13. The van der Waals surface area contributed by atoms with Crippen LogP contribution in [0.2, 0.25) is 5.02 Å². The van der Waals surface area contributed by atoms with Crippen molar-refractivity contribution in [1.29, 1.82) is 0 Å². The Labute approximate surface area is 116 Å². The van der Waals surface area contributed by atoms with Crippen LogP contribution in [0.4, 0.5) is 5.69 Å². The maximum absolute atomic E-state index is 6.10. The quantitative estimate of drug-likeness (QED) is 0.783. The number of aryl methyl sites for hydroxylation is 1. The van der Waals surface area contributed by atoms with Crippen molar-refractivity contribution < 1.29 is 0 Å². The van der Waals surface area contributed by atoms with Crippen LogP contribution in [0.1, 0.15) is 11.3 Å². The van der Waals surface area contributed by atoms with E-state index in [-0.39, 0.29) is 0 Å². The Morgan fingerprint density at radius 1 is 1.26 bits per heavy atom. The highest BCUT2D eigenvalue weighted by Crippen LogP contribution is 2.20. The number of nitrogens with one attached hydrogen (secondary N) is 1. The Balaban J connectivity index is 1.76. The van der Waals surface area contributed by atoms with Crippen LogP contribution in [0.5, 0.6) is 0 Å². The van der Waals surface area contributed by atoms with Gasteiger partial charge in [0.2, 0.25) is 0 Å². The lowest BCUT2D eigenvalue weighted by Gasteiger charge is -2.06. The zero-order valence-corrected chi connectivity index (χ0v) is 11.4. The van der Waals surface area contributed by atoms with Gasteiger partial charge in [0.1, 0.15) is 5.65 Å². The van der Waals surface area contributed by atoms with E-state index in [2.05, 4.69) is 10.3 Å². The van der Waals surface area contributed by atoms with Gasteiger partial charge in [0.05, 0.1) is 12.2 Å². The van der Waals surface area contributed by atoms with Crippen LogP contribution in [-0.2, 0) is 6.54 Å². The first-order chi connectivity index (χ1) is 9.22. The van der Waals surface area contributed by atoms with Crippen molar-refractivity contribution >= 4 is 22.9 Å². The van der Waals surface area contributed by atoms with Crippen molar-refractivity contribution in [2.45, 2.75) is 13.5 Å². The molecule has 0 bridgehead atoms. The van der Waals surface area contributed by atoms with Crippen molar-refractivity contribution in [3.05, 3.63) is 65.1 Å². The lowest BCUT2D eigenvalue weighted by molar-refractivity contribution is 1.08. The first-order valence-electron chi connectivity index (χ1n) is 6.15. The first-order valence-corrected chi connectivity index (χ1v) is 6.53. The standard InChI is InChI=1S/C15H14ClN3/c1-11-5-6-12(8-14(11)16)17-9-13-10-19-7-3-2-4-15(19)18-13/h2-8,10,17H,9H2,1H3. The second kappa shape index (κ2) is 4.94. The molecule has 1 aromatic carbocycles. The second-order valence-corrected chi connectivity index (χ2v) is 4.92. The number of hydrogen-bond acceptors (Lipinski definition) is 2. The summed E-state index contributed by atoms with van der Waals surface area (Å²) in [6, 6.07) is 11.9. The molecular formula is C15H14ClN3. The molecule has 0 aliphatic rings. The van der Waals surface area contributed by atoms with Gasteiger partial charge >= 0.3 is 0 Å². The van der Waals surface area contributed by atoms with Crippen LogP contribution >= 0.6 is 11.6 Å². The summed E-state index contributed by atoms with van der Waals surface area (Å²) in [5, 5.41) is 4.11. The smallest absolute Gasteiger partial charge is 0.137 e. The summed E-state index contributed by atoms with van der Waals surface area (Å²) in [6.45, 7) is 2.68. The molecule has 0 aliphatic carbocycles. The molecule has 1 N–H and O–H groups in total. The van der Waals surface area contributed by atoms with E-state index in [0.717, 1.165) is 27.6 Å². The number of aromatic nitrogens is 2. The number of hydrogen-bond donors (Lipinski definition) is 1. The topological polar surface area (TPSA) is 29.3 Å². The van der Waals surface area contributed by atoms with Crippen LogP contribution < -0.4 is 5.32 Å². The molecule has 0 amide bonds. The largest absolute Gasteiger partial charge is 0.379 e. The highest BCUT2D eigenvalue weighted by molar-refractivity contribution is 6.31. The van der Waals surface area contributed by atoms with Gasteiger partial charge < -0.3 is 9.72 Å². The van der Waals surface area contributed by atoms with Gasteiger partial charge in [-0.1, -0.05) is 23.7 Å². The minimum absolute atomic E-state index is 0.682. The highest BCUT2D eigenvalue weighted by atomic mass is 35.5. The van der Waals surface area contributed by atoms with Crippen molar-refractivity contribution in [2.24, 2.45) is 0 Å². The minimum Gasteiger partial charge on any atom is -0.379 e. The van der Waals surface area contributed by atoms with Gasteiger partial charge in [-0.3, -0.25) is 0 Å². The Morgan fingerprint density at radius 2 is 2.16 bits per heavy atom. The van der Waals surface area contributed by atoms with Crippen molar-refractivity contribution in [1.82, 2.24) is 9.38 Å². The molecular weight excluding hydrogens is 258 g/mol. The molecule has 0 aliphatic heterocycles. The molecule has 2 heterocycles. The number of imidazole rings is 1. The van der Waals surface area contributed by atoms with E-state index < -0.39 is 0 Å². The van der Waals surface area contributed by atoms with E-state index in [9.17, 15) is 0 Å². The summed E-state index contributed by atoms with van der Waals surface area (Å²) in [5.74, 6) is 0. The molecule has 3 nitrogen and oxygen atoms in total. The van der Waals surface area contributed by atoms with Gasteiger partial charge in [0, 0.05) is 23.1 Å². The van der Waals surface area contributed by atoms with Crippen molar-refractivity contribution in [3.8, 4) is 0 Å². The summed E-state index contributed by atoms with van der Waals surface area (Å²) in [4.78, 5) is 4.54. The molecule has 0 radical (unpaired) electrons. The zero-order valence-electron chi connectivity index (χ0n) is 10.6. The van der Waals surface area contributed by atoms with Crippen LogP contribution in [0.25, 0.3) is 5.65 Å². The number of halogens is 1. The maximum atomic E-state index is 6.10. The van der Waals surface area contributed by atoms with Crippen LogP contribution in [0.15, 0.2) is 48.8 Å². The number of rotatable bonds is 3. The molecule has 19 heavy (non-hydrogen) atoms. The molecule has 0 fully saturated rings. The predicted octanol–water partition coefficient (Wildman–Crippen LogP) is 3.91. The fraction of sp³-hybridized carbons (Fsp3) is 0.133. The zero-order chi connectivity index (χ0) is 13.2. The van der Waals surface area contributed by atoms with Gasteiger partial charge in [0.25, 0.3) is 0 Å². The van der Waals surface area contributed by atoms with E-state index in [0.29, 0.717) is 6.54 Å². The summed E-state index contributed by atoms with van der Waals surface area (Å²) in [7, 11) is 0. The summed E-state index contributed by atoms with van der Waals surface area (Å²) >= 11 is 6.10. The van der Waals surface area contributed by atoms with Crippen molar-refractivity contribution in [3.63, 3.8) is 0 Å². The van der Waals surface area contributed by atoms with E-state index in [4.69, 9.17) is 11.6 Å². The number of pyridine rings is 1.